The van der Waals surface area contributed by atoms with Gasteiger partial charge in [-0.3, -0.25) is 4.57 Å². The van der Waals surface area contributed by atoms with Gasteiger partial charge in [0, 0.05) is 55.5 Å². The molecule has 0 amide bonds. The average Bonchev–Trinajstić information content (AvgIpc) is 2.06. The van der Waals surface area contributed by atoms with E-state index in [0.29, 0.717) is 11.9 Å². The molecule has 0 N–H and O–H groups in total. The normalized spacial score (nSPS) is 11.4. The molecule has 0 aliphatic heterocycles. The first-order valence-corrected chi connectivity index (χ1v) is 5.11. The molecule has 0 saturated heterocycles. The van der Waals surface area contributed by atoms with E-state index in [1.807, 2.05) is 25.1 Å². The second-order valence-corrected chi connectivity index (χ2v) is 3.80. The van der Waals surface area contributed by atoms with Gasteiger partial charge >= 0.3 is 0 Å². The first kappa shape index (κ1) is 12.8. The van der Waals surface area contributed by atoms with Crippen molar-refractivity contribution in [1.29, 1.82) is 0 Å². The molecule has 0 aliphatic carbocycles. The van der Waals surface area contributed by atoms with Gasteiger partial charge in [0.2, 0.25) is 8.03 Å². The third kappa shape index (κ3) is 4.76. The number of rotatable bonds is 3. The van der Waals surface area contributed by atoms with E-state index in [0.717, 1.165) is 0 Å². The molecule has 0 aliphatic rings. The summed E-state index contributed by atoms with van der Waals surface area (Å²) in [5, 5.41) is 0. The van der Waals surface area contributed by atoms with Crippen LogP contribution in [-0.2, 0) is 4.57 Å². The quantitative estimate of drug-likeness (QED) is 0.800. The predicted molar refractivity (Wildman–Crippen MR) is 46.6 cm³/mol. The summed E-state index contributed by atoms with van der Waals surface area (Å²) in [5.74, 6) is 0.693. The van der Waals surface area contributed by atoms with Crippen LogP contribution in [0.5, 0.6) is 5.75 Å². The molecule has 0 spiro atoms. The van der Waals surface area contributed by atoms with Gasteiger partial charge in [0.1, 0.15) is 5.75 Å². The van der Waals surface area contributed by atoms with Gasteiger partial charge < -0.3 is 4.52 Å². The van der Waals surface area contributed by atoms with Gasteiger partial charge in [0.05, 0.1) is 0 Å². The Morgan fingerprint density at radius 1 is 1.33 bits per heavy atom. The molecule has 1 rings (SSSR count). The van der Waals surface area contributed by atoms with Gasteiger partial charge in [-0.25, -0.2) is 0 Å². The van der Waals surface area contributed by atoms with Crippen molar-refractivity contribution < 1.29 is 58.5 Å². The van der Waals surface area contributed by atoms with E-state index in [1.165, 1.54) is 0 Å². The molecule has 2 nitrogen and oxygen atoms in total. The van der Waals surface area contributed by atoms with Crippen LogP contribution in [0.25, 0.3) is 0 Å². The summed E-state index contributed by atoms with van der Waals surface area (Å²) >= 11 is 0. The Morgan fingerprint density at radius 3 is 2.42 bits per heavy atom. The Labute approximate surface area is 114 Å². The van der Waals surface area contributed by atoms with Crippen molar-refractivity contribution >= 4 is 8.03 Å². The number of para-hydroxylation sites is 1. The molecule has 12 heavy (non-hydrogen) atoms. The smallest absolute Gasteiger partial charge is 0.236 e. The van der Waals surface area contributed by atoms with E-state index in [2.05, 4.69) is 0 Å². The van der Waals surface area contributed by atoms with Crippen LogP contribution >= 0.6 is 8.03 Å². The zero-order valence-corrected chi connectivity index (χ0v) is 10.2. The molecule has 67 valence electrons. The van der Waals surface area contributed by atoms with E-state index in [4.69, 9.17) is 4.52 Å². The van der Waals surface area contributed by atoms with Crippen molar-refractivity contribution in [2.45, 2.75) is 6.92 Å². The maximum absolute atomic E-state index is 10.9. The fourth-order valence-corrected chi connectivity index (χ4v) is 1.24. The summed E-state index contributed by atoms with van der Waals surface area (Å²) in [6.07, 6.45) is 0.597. The minimum atomic E-state index is -1.83. The third-order valence-corrected chi connectivity index (χ3v) is 2.30. The first-order valence-electron chi connectivity index (χ1n) is 3.58. The van der Waals surface area contributed by atoms with Crippen molar-refractivity contribution in [2.24, 2.45) is 0 Å². The summed E-state index contributed by atoms with van der Waals surface area (Å²) in [5.41, 5.74) is 0. The Kier molecular flexibility index (Phi) is 7.76. The molecule has 1 aromatic rings. The number of benzene rings is 1. The zero-order valence-electron chi connectivity index (χ0n) is 6.79. The van der Waals surface area contributed by atoms with E-state index >= 15 is 0 Å². The predicted octanol–water partition coefficient (Wildman–Crippen LogP) is 2.56. The van der Waals surface area contributed by atoms with E-state index in [-0.39, 0.29) is 49.4 Å². The van der Waals surface area contributed by atoms with Gasteiger partial charge in [-0.2, -0.15) is 0 Å². The SMILES string of the molecule is CC[PH](=O)Oc1ccccc1.[Eu]. The first-order chi connectivity index (χ1) is 5.33. The summed E-state index contributed by atoms with van der Waals surface area (Å²) in [6.45, 7) is 1.85. The third-order valence-electron chi connectivity index (χ3n) is 1.26. The van der Waals surface area contributed by atoms with Crippen LogP contribution in [0.2, 0.25) is 0 Å². The Hall–Kier alpha value is 0.834. The molecule has 1 aromatic carbocycles. The summed E-state index contributed by atoms with van der Waals surface area (Å²) in [7, 11) is -1.83. The van der Waals surface area contributed by atoms with Crippen molar-refractivity contribution in [3.63, 3.8) is 0 Å². The average molecular weight is 322 g/mol. The monoisotopic (exact) mass is 323 g/mol. The summed E-state index contributed by atoms with van der Waals surface area (Å²) < 4.78 is 16.1. The fourth-order valence-electron chi connectivity index (χ4n) is 0.692. The van der Waals surface area contributed by atoms with E-state index in [1.54, 1.807) is 12.1 Å². The Bertz CT molecular complexity index is 238. The molecule has 0 heterocycles. The van der Waals surface area contributed by atoms with Crippen LogP contribution in [0.1, 0.15) is 6.92 Å². The second-order valence-electron chi connectivity index (χ2n) is 2.14. The Balaban J connectivity index is 0.00000121. The largest absolute Gasteiger partial charge is 0.445 e. The zero-order chi connectivity index (χ0) is 8.10. The molecule has 1 atom stereocenters. The molecule has 1 unspecified atom stereocenters. The second kappa shape index (κ2) is 7.26. The standard InChI is InChI=1S/C8H11O2P.Eu/c1-2-11(9)10-8-6-4-3-5-7-8;/h3-7,11H,2H2,1H3;. The minimum Gasteiger partial charge on any atom is -0.445 e. The maximum atomic E-state index is 10.9. The van der Waals surface area contributed by atoms with Gasteiger partial charge in [-0.15, -0.1) is 0 Å². The van der Waals surface area contributed by atoms with Crippen LogP contribution < -0.4 is 4.52 Å². The van der Waals surface area contributed by atoms with E-state index < -0.39 is 8.03 Å². The molecule has 0 fully saturated rings. The molecule has 4 heteroatoms. The van der Waals surface area contributed by atoms with Crippen LogP contribution in [0, 0.1) is 49.4 Å². The van der Waals surface area contributed by atoms with Crippen molar-refractivity contribution in [2.75, 3.05) is 6.16 Å². The van der Waals surface area contributed by atoms with Gasteiger partial charge in [0.15, 0.2) is 0 Å². The van der Waals surface area contributed by atoms with Crippen LogP contribution in [-0.4, -0.2) is 6.16 Å². The van der Waals surface area contributed by atoms with Crippen molar-refractivity contribution in [3.8, 4) is 5.75 Å². The molecule has 1 radical (unpaired) electrons. The molecule has 0 aromatic heterocycles. The maximum Gasteiger partial charge on any atom is 0.236 e. The molecular formula is C8H11EuO2P. The molecule has 0 bridgehead atoms. The van der Waals surface area contributed by atoms with Gasteiger partial charge in [-0.1, -0.05) is 25.1 Å². The summed E-state index contributed by atoms with van der Waals surface area (Å²) in [6, 6.07) is 9.23. The molecule has 0 saturated carbocycles. The fraction of sp³-hybridized carbons (Fsp3) is 0.250. The van der Waals surface area contributed by atoms with Gasteiger partial charge in [-0.05, 0) is 12.1 Å². The topological polar surface area (TPSA) is 26.3 Å². The van der Waals surface area contributed by atoms with Crippen LogP contribution in [0.15, 0.2) is 30.3 Å². The van der Waals surface area contributed by atoms with Crippen molar-refractivity contribution in [1.82, 2.24) is 0 Å². The number of hydrogen-bond acceptors (Lipinski definition) is 2. The van der Waals surface area contributed by atoms with E-state index in [9.17, 15) is 4.57 Å². The minimum absolute atomic E-state index is 0. The van der Waals surface area contributed by atoms with Gasteiger partial charge in [0.25, 0.3) is 0 Å². The van der Waals surface area contributed by atoms with Crippen LogP contribution in [0.4, 0.5) is 0 Å². The molecular weight excluding hydrogens is 311 g/mol. The number of hydrogen-bond donors (Lipinski definition) is 0. The summed E-state index contributed by atoms with van der Waals surface area (Å²) in [4.78, 5) is 0. The Morgan fingerprint density at radius 2 is 1.92 bits per heavy atom. The van der Waals surface area contributed by atoms with Crippen LogP contribution in [0.3, 0.4) is 0 Å². The van der Waals surface area contributed by atoms with Crippen molar-refractivity contribution in [3.05, 3.63) is 30.3 Å².